The van der Waals surface area contributed by atoms with Gasteiger partial charge in [-0.2, -0.15) is 0 Å². The van der Waals surface area contributed by atoms with Gasteiger partial charge in [0, 0.05) is 0 Å². The molecule has 1 N–H and O–H groups in total. The van der Waals surface area contributed by atoms with Gasteiger partial charge in [-0.1, -0.05) is 11.6 Å². The molecule has 0 rings (SSSR count). The molecule has 12 heavy (non-hydrogen) atoms. The molecule has 2 atom stereocenters. The van der Waals surface area contributed by atoms with Crippen molar-refractivity contribution < 1.29 is 19.4 Å². The molecular formula is C5H7Cl3O4. The van der Waals surface area contributed by atoms with Gasteiger partial charge in [-0.3, -0.25) is 0 Å². The molecule has 7 heteroatoms. The van der Waals surface area contributed by atoms with Crippen LogP contribution in [-0.4, -0.2) is 28.0 Å². The number of carboxylic acid groups (broad SMARTS) is 1. The highest BCUT2D eigenvalue weighted by Crippen LogP contribution is 2.17. The van der Waals surface area contributed by atoms with Gasteiger partial charge < -0.3 is 14.6 Å². The summed E-state index contributed by atoms with van der Waals surface area (Å²) in [5.74, 6) is 0. The Kier molecular flexibility index (Phi) is 5.74. The number of hydrogen-bond acceptors (Lipinski definition) is 3. The van der Waals surface area contributed by atoms with Crippen LogP contribution in [0.2, 0.25) is 0 Å². The standard InChI is InChI=1S/C5H7Cl3O4/c1-2(12-5(9)10)11-4(8)3(6)7/h2-4H,1H3,(H,9,10). The molecule has 0 aliphatic rings. The normalized spacial score (nSPS) is 15.8. The van der Waals surface area contributed by atoms with Crippen LogP contribution >= 0.6 is 34.8 Å². The summed E-state index contributed by atoms with van der Waals surface area (Å²) >= 11 is 16.1. The molecule has 2 unspecified atom stereocenters. The largest absolute Gasteiger partial charge is 0.508 e. The van der Waals surface area contributed by atoms with Crippen LogP contribution in [0.25, 0.3) is 0 Å². The molecule has 0 aromatic rings. The van der Waals surface area contributed by atoms with E-state index >= 15 is 0 Å². The zero-order valence-electron chi connectivity index (χ0n) is 6.04. The first-order valence-corrected chi connectivity index (χ1v) is 4.21. The van der Waals surface area contributed by atoms with E-state index in [-0.39, 0.29) is 0 Å². The molecule has 0 bridgehead atoms. The predicted octanol–water partition coefficient (Wildman–Crippen LogP) is 2.41. The van der Waals surface area contributed by atoms with Crippen LogP contribution in [0.5, 0.6) is 0 Å². The molecule has 0 fully saturated rings. The van der Waals surface area contributed by atoms with Crippen molar-refractivity contribution in [2.75, 3.05) is 0 Å². The van der Waals surface area contributed by atoms with Crippen LogP contribution in [-0.2, 0) is 9.47 Å². The molecule has 0 amide bonds. The van der Waals surface area contributed by atoms with Crippen LogP contribution in [0, 0.1) is 0 Å². The van der Waals surface area contributed by atoms with Gasteiger partial charge >= 0.3 is 6.16 Å². The summed E-state index contributed by atoms with van der Waals surface area (Å²) in [6, 6.07) is 0. The Hall–Kier alpha value is 0.1000. The second-order valence-corrected chi connectivity index (χ2v) is 3.37. The van der Waals surface area contributed by atoms with Crippen molar-refractivity contribution in [1.82, 2.24) is 0 Å². The molecule has 0 aliphatic heterocycles. The fraction of sp³-hybridized carbons (Fsp3) is 0.800. The molecule has 72 valence electrons. The Balaban J connectivity index is 3.68. The zero-order chi connectivity index (χ0) is 9.72. The average Bonchev–Trinajstić information content (AvgIpc) is 1.84. The lowest BCUT2D eigenvalue weighted by atomic mass is 10.7. The number of alkyl halides is 3. The molecule has 0 aliphatic carbocycles. The molecule has 0 aromatic heterocycles. The van der Waals surface area contributed by atoms with E-state index in [0.717, 1.165) is 0 Å². The van der Waals surface area contributed by atoms with E-state index in [1.807, 2.05) is 0 Å². The van der Waals surface area contributed by atoms with Gasteiger partial charge in [-0.25, -0.2) is 4.79 Å². The third-order valence-corrected chi connectivity index (χ3v) is 1.86. The van der Waals surface area contributed by atoms with Gasteiger partial charge in [-0.05, 0) is 6.92 Å². The molecule has 0 heterocycles. The third kappa shape index (κ3) is 5.71. The fourth-order valence-corrected chi connectivity index (χ4v) is 0.676. The first-order valence-electron chi connectivity index (χ1n) is 2.90. The van der Waals surface area contributed by atoms with E-state index in [9.17, 15) is 4.79 Å². The number of carbonyl (C=O) groups is 1. The lowest BCUT2D eigenvalue weighted by Crippen LogP contribution is -2.24. The molecule has 0 saturated carbocycles. The van der Waals surface area contributed by atoms with Gasteiger partial charge in [0.05, 0.1) is 0 Å². The van der Waals surface area contributed by atoms with E-state index < -0.39 is 22.8 Å². The molecule has 0 saturated heterocycles. The highest BCUT2D eigenvalue weighted by molar-refractivity contribution is 6.48. The van der Waals surface area contributed by atoms with Crippen molar-refractivity contribution in [2.24, 2.45) is 0 Å². The summed E-state index contributed by atoms with van der Waals surface area (Å²) in [6.07, 6.45) is -2.45. The van der Waals surface area contributed by atoms with Gasteiger partial charge in [0.2, 0.25) is 6.29 Å². The molecular weight excluding hydrogens is 230 g/mol. The smallest absolute Gasteiger partial charge is 0.450 e. The maximum Gasteiger partial charge on any atom is 0.508 e. The summed E-state index contributed by atoms with van der Waals surface area (Å²) in [5, 5.41) is 8.12. The van der Waals surface area contributed by atoms with E-state index in [2.05, 4.69) is 4.74 Å². The van der Waals surface area contributed by atoms with Crippen LogP contribution in [0.3, 0.4) is 0 Å². The van der Waals surface area contributed by atoms with Crippen molar-refractivity contribution in [3.05, 3.63) is 0 Å². The lowest BCUT2D eigenvalue weighted by molar-refractivity contribution is -0.112. The SMILES string of the molecule is CC(OC(=O)O)OC(Cl)C(Cl)Cl. The summed E-state index contributed by atoms with van der Waals surface area (Å²) in [4.78, 5) is 9.01. The van der Waals surface area contributed by atoms with E-state index in [4.69, 9.17) is 44.6 Å². The third-order valence-electron chi connectivity index (χ3n) is 0.787. The number of hydrogen-bond donors (Lipinski definition) is 1. The zero-order valence-corrected chi connectivity index (χ0v) is 8.31. The Labute approximate surface area is 84.3 Å². The van der Waals surface area contributed by atoms with Gasteiger partial charge in [0.1, 0.15) is 4.84 Å². The summed E-state index contributed by atoms with van der Waals surface area (Å²) in [7, 11) is 0. The van der Waals surface area contributed by atoms with Crippen LogP contribution < -0.4 is 0 Å². The van der Waals surface area contributed by atoms with E-state index in [1.165, 1.54) is 6.92 Å². The highest BCUT2D eigenvalue weighted by atomic mass is 35.5. The van der Waals surface area contributed by atoms with E-state index in [0.29, 0.717) is 0 Å². The van der Waals surface area contributed by atoms with Gasteiger partial charge in [0.25, 0.3) is 0 Å². The molecule has 0 radical (unpaired) electrons. The van der Waals surface area contributed by atoms with Gasteiger partial charge in [-0.15, -0.1) is 23.2 Å². The average molecular weight is 237 g/mol. The minimum absolute atomic E-state index is 0.938. The number of rotatable bonds is 4. The molecule has 0 aromatic carbocycles. The highest BCUT2D eigenvalue weighted by Gasteiger charge is 2.19. The van der Waals surface area contributed by atoms with Crippen LogP contribution in [0.15, 0.2) is 0 Å². The second kappa shape index (κ2) is 5.70. The summed E-state index contributed by atoms with van der Waals surface area (Å²) in [6.45, 7) is 1.36. The van der Waals surface area contributed by atoms with Crippen LogP contribution in [0.1, 0.15) is 6.92 Å². The first kappa shape index (κ1) is 12.1. The van der Waals surface area contributed by atoms with Gasteiger partial charge in [0.15, 0.2) is 5.56 Å². The Morgan fingerprint density at radius 1 is 1.42 bits per heavy atom. The maximum atomic E-state index is 9.95. The van der Waals surface area contributed by atoms with Crippen molar-refractivity contribution in [3.8, 4) is 0 Å². The fourth-order valence-electron chi connectivity index (χ4n) is 0.412. The predicted molar refractivity (Wildman–Crippen MR) is 44.8 cm³/mol. The Morgan fingerprint density at radius 2 is 1.92 bits per heavy atom. The molecule has 4 nitrogen and oxygen atoms in total. The Bertz CT molecular complexity index is 152. The number of ether oxygens (including phenoxy) is 2. The van der Waals surface area contributed by atoms with Crippen molar-refractivity contribution >= 4 is 41.0 Å². The second-order valence-electron chi connectivity index (χ2n) is 1.77. The monoisotopic (exact) mass is 236 g/mol. The minimum Gasteiger partial charge on any atom is -0.450 e. The summed E-state index contributed by atoms with van der Waals surface area (Å²) in [5.41, 5.74) is -0.998. The van der Waals surface area contributed by atoms with E-state index in [1.54, 1.807) is 0 Å². The molecule has 0 spiro atoms. The summed E-state index contributed by atoms with van der Waals surface area (Å²) < 4.78 is 8.88. The van der Waals surface area contributed by atoms with Crippen molar-refractivity contribution in [3.63, 3.8) is 0 Å². The quantitative estimate of drug-likeness (QED) is 0.463. The maximum absolute atomic E-state index is 9.95. The van der Waals surface area contributed by atoms with Crippen LogP contribution in [0.4, 0.5) is 4.79 Å². The lowest BCUT2D eigenvalue weighted by Gasteiger charge is -2.16. The topological polar surface area (TPSA) is 55.8 Å². The first-order chi connectivity index (χ1) is 5.43. The van der Waals surface area contributed by atoms with Crippen molar-refractivity contribution in [1.29, 1.82) is 0 Å². The number of halogens is 3. The van der Waals surface area contributed by atoms with Crippen molar-refractivity contribution in [2.45, 2.75) is 23.6 Å². The minimum atomic E-state index is -1.45. The Morgan fingerprint density at radius 3 is 2.25 bits per heavy atom.